The van der Waals surface area contributed by atoms with Crippen molar-refractivity contribution >= 4 is 62.8 Å². The summed E-state index contributed by atoms with van der Waals surface area (Å²) in [5, 5.41) is 13.5. The van der Waals surface area contributed by atoms with Crippen LogP contribution in [0.2, 0.25) is 5.02 Å². The number of nitro benzene ring substituents is 1. The average Bonchev–Trinajstić information content (AvgIpc) is 2.84. The van der Waals surface area contributed by atoms with Gasteiger partial charge in [0, 0.05) is 17.2 Å². The van der Waals surface area contributed by atoms with E-state index in [1.807, 2.05) is 0 Å². The molecule has 0 spiro atoms. The SMILES string of the molecule is Cc1c(Cl)cccc1N1C(=O)NC(=O)/C(=C\c2ccc(OCc3cccc([N+](=O)[O-])c3)c(Br)c2)C1=O. The minimum Gasteiger partial charge on any atom is -0.488 e. The van der Waals surface area contributed by atoms with Crippen LogP contribution >= 0.6 is 27.5 Å². The number of amides is 4. The average molecular weight is 571 g/mol. The Morgan fingerprint density at radius 2 is 1.86 bits per heavy atom. The highest BCUT2D eigenvalue weighted by molar-refractivity contribution is 9.10. The number of non-ortho nitro benzene ring substituents is 1. The van der Waals surface area contributed by atoms with E-state index in [0.717, 1.165) is 4.90 Å². The lowest BCUT2D eigenvalue weighted by Crippen LogP contribution is -2.54. The second-order valence-corrected chi connectivity index (χ2v) is 9.01. The molecule has 1 aliphatic rings. The molecule has 1 N–H and O–H groups in total. The van der Waals surface area contributed by atoms with Gasteiger partial charge in [0.25, 0.3) is 17.5 Å². The van der Waals surface area contributed by atoms with Crippen LogP contribution in [0.4, 0.5) is 16.2 Å². The lowest BCUT2D eigenvalue weighted by atomic mass is 10.1. The molecule has 1 fully saturated rings. The van der Waals surface area contributed by atoms with Gasteiger partial charge in [-0.2, -0.15) is 0 Å². The van der Waals surface area contributed by atoms with Crippen molar-refractivity contribution in [3.05, 3.63) is 103 Å². The highest BCUT2D eigenvalue weighted by Crippen LogP contribution is 2.31. The molecule has 4 rings (SSSR count). The van der Waals surface area contributed by atoms with Crippen molar-refractivity contribution in [2.75, 3.05) is 4.90 Å². The Morgan fingerprint density at radius 1 is 1.11 bits per heavy atom. The van der Waals surface area contributed by atoms with Crippen LogP contribution in [-0.4, -0.2) is 22.8 Å². The molecule has 0 unspecified atom stereocenters. The number of imide groups is 2. The molecule has 0 atom stereocenters. The summed E-state index contributed by atoms with van der Waals surface area (Å²) in [4.78, 5) is 49.4. The van der Waals surface area contributed by atoms with Crippen molar-refractivity contribution in [3.8, 4) is 5.75 Å². The van der Waals surface area contributed by atoms with Gasteiger partial charge >= 0.3 is 6.03 Å². The highest BCUT2D eigenvalue weighted by atomic mass is 79.9. The first-order chi connectivity index (χ1) is 17.2. The van der Waals surface area contributed by atoms with Gasteiger partial charge in [0.1, 0.15) is 17.9 Å². The fourth-order valence-corrected chi connectivity index (χ4v) is 4.21. The number of hydrogen-bond donors (Lipinski definition) is 1. The largest absolute Gasteiger partial charge is 0.488 e. The summed E-state index contributed by atoms with van der Waals surface area (Å²) in [5.74, 6) is -1.14. The summed E-state index contributed by atoms with van der Waals surface area (Å²) in [6.45, 7) is 1.76. The molecular weight excluding hydrogens is 554 g/mol. The first kappa shape index (κ1) is 25.1. The van der Waals surface area contributed by atoms with E-state index in [-0.39, 0.29) is 23.6 Å². The van der Waals surface area contributed by atoms with Crippen molar-refractivity contribution < 1.29 is 24.0 Å². The number of ether oxygens (including phenoxy) is 1. The van der Waals surface area contributed by atoms with Gasteiger partial charge in [0.2, 0.25) is 0 Å². The third-order valence-electron chi connectivity index (χ3n) is 5.36. The Bertz CT molecular complexity index is 1460. The van der Waals surface area contributed by atoms with Crippen molar-refractivity contribution in [2.24, 2.45) is 0 Å². The molecule has 1 heterocycles. The third-order valence-corrected chi connectivity index (χ3v) is 6.39. The van der Waals surface area contributed by atoms with Crippen LogP contribution in [0.5, 0.6) is 5.75 Å². The molecule has 0 aromatic heterocycles. The van der Waals surface area contributed by atoms with Gasteiger partial charge in [-0.3, -0.25) is 25.0 Å². The van der Waals surface area contributed by atoms with E-state index < -0.39 is 22.8 Å². The van der Waals surface area contributed by atoms with Crippen LogP contribution < -0.4 is 15.0 Å². The number of hydrogen-bond acceptors (Lipinski definition) is 6. The zero-order valence-electron chi connectivity index (χ0n) is 18.7. The van der Waals surface area contributed by atoms with E-state index in [0.29, 0.717) is 31.9 Å². The van der Waals surface area contributed by atoms with E-state index in [1.54, 1.807) is 55.5 Å². The molecule has 3 aromatic rings. The maximum Gasteiger partial charge on any atom is 0.335 e. The topological polar surface area (TPSA) is 119 Å². The fraction of sp³-hybridized carbons (Fsp3) is 0.0800. The predicted molar refractivity (Wildman–Crippen MR) is 137 cm³/mol. The second-order valence-electron chi connectivity index (χ2n) is 7.75. The van der Waals surface area contributed by atoms with E-state index in [9.17, 15) is 24.5 Å². The molecule has 1 aliphatic heterocycles. The molecular formula is C25H17BrClN3O6. The van der Waals surface area contributed by atoms with Crippen LogP contribution in [0.1, 0.15) is 16.7 Å². The van der Waals surface area contributed by atoms with Gasteiger partial charge in [-0.05, 0) is 69.9 Å². The lowest BCUT2D eigenvalue weighted by molar-refractivity contribution is -0.384. The number of nitro groups is 1. The number of halogens is 2. The van der Waals surface area contributed by atoms with Crippen LogP contribution in [0.25, 0.3) is 6.08 Å². The summed E-state index contributed by atoms with van der Waals surface area (Å²) in [6.07, 6.45) is 1.37. The molecule has 0 bridgehead atoms. The Balaban J connectivity index is 1.57. The van der Waals surface area contributed by atoms with Gasteiger partial charge in [-0.15, -0.1) is 0 Å². The Hall–Kier alpha value is -4.02. The van der Waals surface area contributed by atoms with E-state index in [1.165, 1.54) is 18.2 Å². The van der Waals surface area contributed by atoms with E-state index in [2.05, 4.69) is 21.2 Å². The summed E-state index contributed by atoms with van der Waals surface area (Å²) in [6, 6.07) is 14.9. The zero-order chi connectivity index (χ0) is 26.0. The number of anilines is 1. The van der Waals surface area contributed by atoms with Gasteiger partial charge in [-0.25, -0.2) is 9.69 Å². The quantitative estimate of drug-likeness (QED) is 0.179. The Labute approximate surface area is 218 Å². The summed E-state index contributed by atoms with van der Waals surface area (Å²) in [7, 11) is 0. The number of urea groups is 1. The smallest absolute Gasteiger partial charge is 0.335 e. The summed E-state index contributed by atoms with van der Waals surface area (Å²) in [5.41, 5.74) is 1.64. The first-order valence-electron chi connectivity index (χ1n) is 10.5. The fourth-order valence-electron chi connectivity index (χ4n) is 3.53. The molecule has 0 aliphatic carbocycles. The molecule has 4 amide bonds. The van der Waals surface area contributed by atoms with Gasteiger partial charge in [0.05, 0.1) is 15.1 Å². The maximum atomic E-state index is 13.1. The molecule has 182 valence electrons. The molecule has 0 saturated carbocycles. The van der Waals surface area contributed by atoms with E-state index >= 15 is 0 Å². The molecule has 3 aromatic carbocycles. The molecule has 36 heavy (non-hydrogen) atoms. The first-order valence-corrected chi connectivity index (χ1v) is 11.6. The molecule has 11 heteroatoms. The second kappa shape index (κ2) is 10.3. The number of carbonyl (C=O) groups excluding carboxylic acids is 3. The highest BCUT2D eigenvalue weighted by Gasteiger charge is 2.37. The number of benzene rings is 3. The van der Waals surface area contributed by atoms with E-state index in [4.69, 9.17) is 16.3 Å². The number of rotatable bonds is 6. The minimum absolute atomic E-state index is 0.0342. The van der Waals surface area contributed by atoms with Crippen LogP contribution in [0, 0.1) is 17.0 Å². The van der Waals surface area contributed by atoms with Crippen LogP contribution in [-0.2, 0) is 16.2 Å². The number of barbiturate groups is 1. The maximum absolute atomic E-state index is 13.1. The lowest BCUT2D eigenvalue weighted by Gasteiger charge is -2.27. The molecule has 0 radical (unpaired) electrons. The Kier molecular flexibility index (Phi) is 7.18. The van der Waals surface area contributed by atoms with Crippen molar-refractivity contribution in [3.63, 3.8) is 0 Å². The molecule has 1 saturated heterocycles. The zero-order valence-corrected chi connectivity index (χ0v) is 21.0. The number of nitrogens with zero attached hydrogens (tertiary/aromatic N) is 2. The van der Waals surface area contributed by atoms with Crippen molar-refractivity contribution in [1.29, 1.82) is 0 Å². The standard InChI is InChI=1S/C25H17BrClN3O6/c1-14-20(27)6-3-7-21(14)29-24(32)18(23(31)28-25(29)33)11-15-8-9-22(19(26)12-15)36-13-16-4-2-5-17(10-16)30(34)35/h2-12H,13H2,1H3,(H,28,31,33)/b18-11+. The third kappa shape index (κ3) is 5.14. The Morgan fingerprint density at radius 3 is 2.58 bits per heavy atom. The number of nitrogens with one attached hydrogen (secondary N) is 1. The number of carbonyl (C=O) groups is 3. The van der Waals surface area contributed by atoms with Gasteiger partial charge in [0.15, 0.2) is 0 Å². The normalized spacial score (nSPS) is 14.7. The minimum atomic E-state index is -0.862. The van der Waals surface area contributed by atoms with Crippen molar-refractivity contribution in [2.45, 2.75) is 13.5 Å². The van der Waals surface area contributed by atoms with Gasteiger partial charge in [-0.1, -0.05) is 35.9 Å². The van der Waals surface area contributed by atoms with Crippen LogP contribution in [0.15, 0.2) is 70.7 Å². The summed E-state index contributed by atoms with van der Waals surface area (Å²) >= 11 is 9.55. The monoisotopic (exact) mass is 569 g/mol. The molecule has 9 nitrogen and oxygen atoms in total. The summed E-state index contributed by atoms with van der Waals surface area (Å²) < 4.78 is 6.29. The predicted octanol–water partition coefficient (Wildman–Crippen LogP) is 5.56. The van der Waals surface area contributed by atoms with Crippen molar-refractivity contribution in [1.82, 2.24) is 5.32 Å². The van der Waals surface area contributed by atoms with Crippen LogP contribution in [0.3, 0.4) is 0 Å². The van der Waals surface area contributed by atoms with Gasteiger partial charge < -0.3 is 4.74 Å².